The van der Waals surface area contributed by atoms with Crippen LogP contribution in [0.15, 0.2) is 6.33 Å². The van der Waals surface area contributed by atoms with E-state index >= 15 is 0 Å². The Morgan fingerprint density at radius 1 is 1.32 bits per heavy atom. The van der Waals surface area contributed by atoms with E-state index < -0.39 is 0 Å². The Hall–Kier alpha value is -1.77. The molecule has 0 bridgehead atoms. The number of likely N-dealkylation sites (N-methyl/N-ethyl adjacent to an activating group) is 1. The zero-order valence-corrected chi connectivity index (χ0v) is 15.4. The number of thiophene rings is 1. The number of carbonyl (C=O) groups is 1. The molecule has 2 aromatic rings. The van der Waals surface area contributed by atoms with Crippen molar-refractivity contribution in [3.05, 3.63) is 16.8 Å². The summed E-state index contributed by atoms with van der Waals surface area (Å²) in [5, 5.41) is 4.43. The van der Waals surface area contributed by atoms with Crippen molar-refractivity contribution in [3.63, 3.8) is 0 Å². The number of piperazine rings is 1. The van der Waals surface area contributed by atoms with E-state index in [2.05, 4.69) is 27.2 Å². The van der Waals surface area contributed by atoms with E-state index in [1.54, 1.807) is 6.33 Å². The second kappa shape index (κ2) is 6.86. The van der Waals surface area contributed by atoms with Gasteiger partial charge in [-0.05, 0) is 26.0 Å². The average molecular weight is 361 g/mol. The summed E-state index contributed by atoms with van der Waals surface area (Å²) in [6.07, 6.45) is 2.54. The van der Waals surface area contributed by atoms with Crippen molar-refractivity contribution in [2.75, 3.05) is 51.8 Å². The minimum absolute atomic E-state index is 0.115. The highest BCUT2D eigenvalue weighted by Gasteiger charge is 2.26. The molecule has 4 heterocycles. The van der Waals surface area contributed by atoms with Gasteiger partial charge in [0.05, 0.1) is 22.9 Å². The molecule has 2 aliphatic rings. The molecule has 0 saturated carbocycles. The molecule has 2 aromatic heterocycles. The number of amides is 1. The van der Waals surface area contributed by atoms with Crippen molar-refractivity contribution in [2.45, 2.75) is 19.4 Å². The molecule has 7 nitrogen and oxygen atoms in total. The van der Waals surface area contributed by atoms with Crippen LogP contribution in [0.25, 0.3) is 10.2 Å². The van der Waals surface area contributed by atoms with Crippen LogP contribution in [-0.4, -0.2) is 78.2 Å². The van der Waals surface area contributed by atoms with Gasteiger partial charge in [-0.25, -0.2) is 9.97 Å². The quantitative estimate of drug-likeness (QED) is 0.895. The topological polar surface area (TPSA) is 70.6 Å². The Morgan fingerprint density at radius 2 is 2.12 bits per heavy atom. The summed E-state index contributed by atoms with van der Waals surface area (Å²) in [5.41, 5.74) is 0.978. The monoisotopic (exact) mass is 361 g/mol. The van der Waals surface area contributed by atoms with Crippen LogP contribution < -0.4 is 5.32 Å². The van der Waals surface area contributed by atoms with Crippen LogP contribution in [-0.2, 0) is 4.74 Å². The molecular formula is C17H23N5O2S. The second-order valence-corrected chi connectivity index (χ2v) is 7.76. The molecule has 2 saturated heterocycles. The van der Waals surface area contributed by atoms with Gasteiger partial charge in [-0.1, -0.05) is 0 Å². The van der Waals surface area contributed by atoms with Crippen LogP contribution in [0.3, 0.4) is 0 Å². The van der Waals surface area contributed by atoms with Crippen molar-refractivity contribution < 1.29 is 9.53 Å². The molecule has 1 unspecified atom stereocenters. The molecule has 4 rings (SSSR count). The van der Waals surface area contributed by atoms with E-state index in [4.69, 9.17) is 4.74 Å². The molecule has 25 heavy (non-hydrogen) atoms. The van der Waals surface area contributed by atoms with Crippen LogP contribution in [0, 0.1) is 6.92 Å². The Kier molecular flexibility index (Phi) is 4.58. The number of anilines is 1. The van der Waals surface area contributed by atoms with Gasteiger partial charge in [0.2, 0.25) is 0 Å². The van der Waals surface area contributed by atoms with Gasteiger partial charge in [0.15, 0.2) is 0 Å². The minimum Gasteiger partial charge on any atom is -0.379 e. The van der Waals surface area contributed by atoms with E-state index in [-0.39, 0.29) is 11.9 Å². The molecule has 2 fully saturated rings. The molecule has 0 radical (unpaired) electrons. The first-order valence-electron chi connectivity index (χ1n) is 8.69. The predicted molar refractivity (Wildman–Crippen MR) is 98.4 cm³/mol. The third kappa shape index (κ3) is 3.21. The summed E-state index contributed by atoms with van der Waals surface area (Å²) < 4.78 is 5.43. The van der Waals surface area contributed by atoms with E-state index in [0.717, 1.165) is 65.7 Å². The fourth-order valence-corrected chi connectivity index (χ4v) is 4.50. The van der Waals surface area contributed by atoms with Crippen LogP contribution in [0.4, 0.5) is 5.82 Å². The number of rotatable bonds is 3. The highest BCUT2D eigenvalue weighted by atomic mass is 32.1. The maximum atomic E-state index is 13.0. The standard InChI is InChI=1S/C17H23N5O2S/c1-11-13-15(20-12-3-8-24-9-12)18-10-19-16(13)25-14(11)17(23)22-6-4-21(2)5-7-22/h10,12H,3-9H2,1-2H3,(H,18,19,20). The fourth-order valence-electron chi connectivity index (χ4n) is 3.38. The van der Waals surface area contributed by atoms with Crippen LogP contribution >= 0.6 is 11.3 Å². The lowest BCUT2D eigenvalue weighted by molar-refractivity contribution is 0.0668. The van der Waals surface area contributed by atoms with Gasteiger partial charge in [0, 0.05) is 32.8 Å². The molecule has 8 heteroatoms. The summed E-state index contributed by atoms with van der Waals surface area (Å²) in [7, 11) is 2.09. The molecule has 134 valence electrons. The highest BCUT2D eigenvalue weighted by Crippen LogP contribution is 2.34. The maximum absolute atomic E-state index is 13.0. The predicted octanol–water partition coefficient (Wildman–Crippen LogP) is 1.59. The molecule has 0 aromatic carbocycles. The smallest absolute Gasteiger partial charge is 0.264 e. The highest BCUT2D eigenvalue weighted by molar-refractivity contribution is 7.20. The van der Waals surface area contributed by atoms with Crippen LogP contribution in [0.2, 0.25) is 0 Å². The summed E-state index contributed by atoms with van der Waals surface area (Å²) in [5.74, 6) is 0.926. The number of nitrogens with one attached hydrogen (secondary N) is 1. The van der Waals surface area contributed by atoms with Crippen molar-refractivity contribution in [1.29, 1.82) is 0 Å². The van der Waals surface area contributed by atoms with E-state index in [9.17, 15) is 4.79 Å². The van der Waals surface area contributed by atoms with E-state index in [1.807, 2.05) is 11.8 Å². The number of aryl methyl sites for hydroxylation is 1. The number of ether oxygens (including phenoxy) is 1. The third-order valence-electron chi connectivity index (χ3n) is 4.98. The molecule has 2 aliphatic heterocycles. The fraction of sp³-hybridized carbons (Fsp3) is 0.588. The van der Waals surface area contributed by atoms with Gasteiger partial charge in [-0.2, -0.15) is 0 Å². The van der Waals surface area contributed by atoms with E-state index in [1.165, 1.54) is 11.3 Å². The normalized spacial score (nSPS) is 21.8. The first kappa shape index (κ1) is 16.7. The van der Waals surface area contributed by atoms with Gasteiger partial charge in [0.1, 0.15) is 17.0 Å². The first-order valence-corrected chi connectivity index (χ1v) is 9.51. The lowest BCUT2D eigenvalue weighted by Crippen LogP contribution is -2.47. The Balaban J connectivity index is 1.64. The Morgan fingerprint density at radius 3 is 2.84 bits per heavy atom. The van der Waals surface area contributed by atoms with Crippen LogP contribution in [0.5, 0.6) is 0 Å². The Labute approximate surface area is 151 Å². The van der Waals surface area contributed by atoms with Crippen molar-refractivity contribution in [2.24, 2.45) is 0 Å². The largest absolute Gasteiger partial charge is 0.379 e. The van der Waals surface area contributed by atoms with Crippen molar-refractivity contribution in [3.8, 4) is 0 Å². The third-order valence-corrected chi connectivity index (χ3v) is 6.17. The zero-order valence-electron chi connectivity index (χ0n) is 14.6. The minimum atomic E-state index is 0.115. The van der Waals surface area contributed by atoms with Crippen molar-refractivity contribution >= 4 is 33.3 Å². The summed E-state index contributed by atoms with van der Waals surface area (Å²) in [6.45, 7) is 6.87. The second-order valence-electron chi connectivity index (χ2n) is 6.76. The number of hydrogen-bond donors (Lipinski definition) is 1. The SMILES string of the molecule is Cc1c(C(=O)N2CCN(C)CC2)sc2ncnc(NC3CCOC3)c12. The number of fused-ring (bicyclic) bond motifs is 1. The summed E-state index contributed by atoms with van der Waals surface area (Å²) >= 11 is 1.47. The first-order chi connectivity index (χ1) is 12.1. The summed E-state index contributed by atoms with van der Waals surface area (Å²) in [4.78, 5) is 27.6. The lowest BCUT2D eigenvalue weighted by Gasteiger charge is -2.32. The number of hydrogen-bond acceptors (Lipinski definition) is 7. The molecular weight excluding hydrogens is 338 g/mol. The molecule has 1 N–H and O–H groups in total. The average Bonchev–Trinajstić information content (AvgIpc) is 3.24. The maximum Gasteiger partial charge on any atom is 0.264 e. The summed E-state index contributed by atoms with van der Waals surface area (Å²) in [6, 6.07) is 0.272. The van der Waals surface area contributed by atoms with Crippen LogP contribution in [0.1, 0.15) is 21.7 Å². The Bertz CT molecular complexity index is 779. The van der Waals surface area contributed by atoms with Gasteiger partial charge in [0.25, 0.3) is 5.91 Å². The van der Waals surface area contributed by atoms with Crippen molar-refractivity contribution in [1.82, 2.24) is 19.8 Å². The molecule has 0 spiro atoms. The van der Waals surface area contributed by atoms with Gasteiger partial charge < -0.3 is 19.9 Å². The molecule has 0 aliphatic carbocycles. The lowest BCUT2D eigenvalue weighted by atomic mass is 10.1. The van der Waals surface area contributed by atoms with Gasteiger partial charge >= 0.3 is 0 Å². The number of aromatic nitrogens is 2. The zero-order chi connectivity index (χ0) is 17.4. The number of nitrogens with zero attached hydrogens (tertiary/aromatic N) is 4. The molecule has 1 amide bonds. The van der Waals surface area contributed by atoms with Gasteiger partial charge in [-0.3, -0.25) is 4.79 Å². The van der Waals surface area contributed by atoms with Gasteiger partial charge in [-0.15, -0.1) is 11.3 Å². The molecule has 1 atom stereocenters. The van der Waals surface area contributed by atoms with E-state index in [0.29, 0.717) is 6.61 Å². The number of carbonyl (C=O) groups excluding carboxylic acids is 1.